The minimum atomic E-state index is -5.08. The first-order chi connectivity index (χ1) is 12.1. The number of halogens is 3. The SMILES string of the molecule is C[C@H](NC(=O)C(N)Cc1ccsc1)c1cnccn1.O=C(O)C(F)(F)F. The third-order valence-electron chi connectivity index (χ3n) is 3.00. The van der Waals surface area contributed by atoms with E-state index >= 15 is 0 Å². The van der Waals surface area contributed by atoms with Gasteiger partial charge in [-0.05, 0) is 35.7 Å². The number of carboxylic acids is 1. The van der Waals surface area contributed by atoms with Crippen LogP contribution >= 0.6 is 11.3 Å². The second-order valence-electron chi connectivity index (χ2n) is 5.11. The summed E-state index contributed by atoms with van der Waals surface area (Å²) in [7, 11) is 0. The Bertz CT molecular complexity index is 696. The molecular weight excluding hydrogens is 373 g/mol. The van der Waals surface area contributed by atoms with Crippen LogP contribution in [0.3, 0.4) is 0 Å². The summed E-state index contributed by atoms with van der Waals surface area (Å²) in [4.78, 5) is 29.0. The molecule has 0 radical (unpaired) electrons. The van der Waals surface area contributed by atoms with Gasteiger partial charge >= 0.3 is 12.1 Å². The first-order valence-corrected chi connectivity index (χ1v) is 8.18. The maximum Gasteiger partial charge on any atom is 0.490 e. The van der Waals surface area contributed by atoms with Crippen LogP contribution in [0.15, 0.2) is 35.4 Å². The van der Waals surface area contributed by atoms with E-state index in [4.69, 9.17) is 15.6 Å². The van der Waals surface area contributed by atoms with E-state index in [9.17, 15) is 18.0 Å². The molecule has 0 saturated heterocycles. The number of alkyl halides is 3. The monoisotopic (exact) mass is 390 g/mol. The second-order valence-corrected chi connectivity index (χ2v) is 5.89. The lowest BCUT2D eigenvalue weighted by Crippen LogP contribution is -2.43. The molecule has 2 rings (SSSR count). The quantitative estimate of drug-likeness (QED) is 0.718. The highest BCUT2D eigenvalue weighted by Crippen LogP contribution is 2.13. The van der Waals surface area contributed by atoms with E-state index in [-0.39, 0.29) is 11.9 Å². The summed E-state index contributed by atoms with van der Waals surface area (Å²) in [6.07, 6.45) is 0.293. The molecule has 7 nitrogen and oxygen atoms in total. The van der Waals surface area contributed by atoms with Crippen LogP contribution in [0.2, 0.25) is 0 Å². The van der Waals surface area contributed by atoms with E-state index in [0.717, 1.165) is 11.3 Å². The van der Waals surface area contributed by atoms with Gasteiger partial charge in [0.15, 0.2) is 0 Å². The topological polar surface area (TPSA) is 118 Å². The van der Waals surface area contributed by atoms with Crippen molar-refractivity contribution in [2.45, 2.75) is 31.6 Å². The minimum Gasteiger partial charge on any atom is -0.475 e. The Balaban J connectivity index is 0.000000412. The Morgan fingerprint density at radius 2 is 2.04 bits per heavy atom. The van der Waals surface area contributed by atoms with Crippen molar-refractivity contribution in [1.29, 1.82) is 0 Å². The molecule has 2 aromatic heterocycles. The summed E-state index contributed by atoms with van der Waals surface area (Å²) < 4.78 is 31.7. The summed E-state index contributed by atoms with van der Waals surface area (Å²) in [6.45, 7) is 1.86. The first kappa shape index (κ1) is 21.5. The van der Waals surface area contributed by atoms with E-state index < -0.39 is 18.2 Å². The zero-order valence-corrected chi connectivity index (χ0v) is 14.4. The van der Waals surface area contributed by atoms with Crippen LogP contribution in [-0.2, 0) is 16.0 Å². The second kappa shape index (κ2) is 9.82. The van der Waals surface area contributed by atoms with Crippen molar-refractivity contribution in [2.75, 3.05) is 0 Å². The van der Waals surface area contributed by atoms with Crippen molar-refractivity contribution in [1.82, 2.24) is 15.3 Å². The van der Waals surface area contributed by atoms with Gasteiger partial charge in [-0.15, -0.1) is 0 Å². The van der Waals surface area contributed by atoms with Crippen molar-refractivity contribution < 1.29 is 27.9 Å². The van der Waals surface area contributed by atoms with Gasteiger partial charge in [0.05, 0.1) is 24.0 Å². The van der Waals surface area contributed by atoms with Gasteiger partial charge in [-0.25, -0.2) is 4.79 Å². The normalized spacial score (nSPS) is 13.1. The van der Waals surface area contributed by atoms with E-state index in [0.29, 0.717) is 6.42 Å². The van der Waals surface area contributed by atoms with Crippen LogP contribution in [-0.4, -0.2) is 39.2 Å². The fourth-order valence-electron chi connectivity index (χ4n) is 1.68. The Morgan fingerprint density at radius 3 is 2.50 bits per heavy atom. The number of amides is 1. The smallest absolute Gasteiger partial charge is 0.475 e. The van der Waals surface area contributed by atoms with Crippen molar-refractivity contribution >= 4 is 23.2 Å². The van der Waals surface area contributed by atoms with Crippen molar-refractivity contribution in [3.63, 3.8) is 0 Å². The Morgan fingerprint density at radius 1 is 1.38 bits per heavy atom. The third-order valence-corrected chi connectivity index (χ3v) is 3.73. The Hall–Kier alpha value is -2.53. The number of rotatable bonds is 5. The number of thiophene rings is 1. The molecule has 2 heterocycles. The standard InChI is InChI=1S/C13H16N4OS.C2HF3O2/c1-9(12-7-15-3-4-16-12)17-13(18)11(14)6-10-2-5-19-8-10;3-2(4,5)1(6)7/h2-5,7-9,11H,6,14H2,1H3,(H,17,18);(H,6,7)/t9-,11?;/m0./s1. The van der Waals surface area contributed by atoms with Gasteiger partial charge < -0.3 is 16.2 Å². The molecule has 0 aromatic carbocycles. The van der Waals surface area contributed by atoms with E-state index in [2.05, 4.69) is 15.3 Å². The van der Waals surface area contributed by atoms with Gasteiger partial charge in [0.2, 0.25) is 5.91 Å². The Labute approximate surface area is 151 Å². The zero-order valence-electron chi connectivity index (χ0n) is 13.6. The van der Waals surface area contributed by atoms with Crippen LogP contribution in [0.4, 0.5) is 13.2 Å². The number of carbonyl (C=O) groups excluding carboxylic acids is 1. The molecule has 2 atom stereocenters. The number of aliphatic carboxylic acids is 1. The van der Waals surface area contributed by atoms with Crippen LogP contribution in [0, 0.1) is 0 Å². The molecule has 0 bridgehead atoms. The number of hydrogen-bond acceptors (Lipinski definition) is 6. The van der Waals surface area contributed by atoms with E-state index in [1.54, 1.807) is 29.9 Å². The predicted octanol–water partition coefficient (Wildman–Crippen LogP) is 1.92. The summed E-state index contributed by atoms with van der Waals surface area (Å²) in [5.41, 5.74) is 7.70. The summed E-state index contributed by atoms with van der Waals surface area (Å²) in [6, 6.07) is 1.23. The minimum absolute atomic E-state index is 0.177. The molecule has 142 valence electrons. The number of nitrogens with one attached hydrogen (secondary N) is 1. The zero-order chi connectivity index (χ0) is 19.7. The van der Waals surface area contributed by atoms with Gasteiger partial charge in [0.1, 0.15) is 0 Å². The summed E-state index contributed by atoms with van der Waals surface area (Å²) >= 11 is 1.60. The largest absolute Gasteiger partial charge is 0.490 e. The van der Waals surface area contributed by atoms with Gasteiger partial charge in [-0.3, -0.25) is 14.8 Å². The summed E-state index contributed by atoms with van der Waals surface area (Å²) in [5.74, 6) is -2.93. The molecule has 0 aliphatic carbocycles. The molecule has 1 amide bonds. The van der Waals surface area contributed by atoms with Gasteiger partial charge in [0.25, 0.3) is 0 Å². The number of nitrogens with two attached hydrogens (primary N) is 1. The number of carbonyl (C=O) groups is 2. The lowest BCUT2D eigenvalue weighted by atomic mass is 10.1. The molecule has 1 unspecified atom stereocenters. The number of aromatic nitrogens is 2. The molecule has 0 aliphatic rings. The molecule has 0 aliphatic heterocycles. The van der Waals surface area contributed by atoms with E-state index in [1.807, 2.05) is 23.8 Å². The predicted molar refractivity (Wildman–Crippen MR) is 88.3 cm³/mol. The lowest BCUT2D eigenvalue weighted by Gasteiger charge is -2.16. The van der Waals surface area contributed by atoms with Crippen LogP contribution in [0.25, 0.3) is 0 Å². The third kappa shape index (κ3) is 7.57. The molecule has 4 N–H and O–H groups in total. The van der Waals surface area contributed by atoms with Crippen LogP contribution < -0.4 is 11.1 Å². The maximum atomic E-state index is 12.0. The molecule has 0 spiro atoms. The fraction of sp³-hybridized carbons (Fsp3) is 0.333. The molecule has 2 aromatic rings. The van der Waals surface area contributed by atoms with Crippen LogP contribution in [0.5, 0.6) is 0 Å². The average molecular weight is 390 g/mol. The number of carboxylic acid groups (broad SMARTS) is 1. The highest BCUT2D eigenvalue weighted by molar-refractivity contribution is 7.07. The van der Waals surface area contributed by atoms with Crippen molar-refractivity contribution in [3.05, 3.63) is 46.7 Å². The van der Waals surface area contributed by atoms with Crippen molar-refractivity contribution in [2.24, 2.45) is 5.73 Å². The highest BCUT2D eigenvalue weighted by Gasteiger charge is 2.38. The first-order valence-electron chi connectivity index (χ1n) is 7.24. The van der Waals surface area contributed by atoms with E-state index in [1.165, 1.54) is 0 Å². The van der Waals surface area contributed by atoms with Crippen LogP contribution in [0.1, 0.15) is 24.2 Å². The maximum absolute atomic E-state index is 12.0. The number of nitrogens with zero attached hydrogens (tertiary/aromatic N) is 2. The van der Waals surface area contributed by atoms with Gasteiger partial charge in [-0.1, -0.05) is 0 Å². The highest BCUT2D eigenvalue weighted by atomic mass is 32.1. The molecule has 0 fully saturated rings. The fourth-order valence-corrected chi connectivity index (χ4v) is 2.37. The molecule has 11 heteroatoms. The molecular formula is C15H17F3N4O3S. The van der Waals surface area contributed by atoms with Crippen molar-refractivity contribution in [3.8, 4) is 0 Å². The average Bonchev–Trinajstić information content (AvgIpc) is 3.08. The van der Waals surface area contributed by atoms with Gasteiger partial charge in [0, 0.05) is 12.4 Å². The molecule has 0 saturated carbocycles. The lowest BCUT2D eigenvalue weighted by molar-refractivity contribution is -0.192. The molecule has 26 heavy (non-hydrogen) atoms. The summed E-state index contributed by atoms with van der Waals surface area (Å²) in [5, 5.41) is 13.9. The van der Waals surface area contributed by atoms with Gasteiger partial charge in [-0.2, -0.15) is 24.5 Å². The Kier molecular flexibility index (Phi) is 8.13. The number of hydrogen-bond donors (Lipinski definition) is 3.